The molecular weight excluding hydrogens is 410 g/mol. The maximum absolute atomic E-state index is 13.0. The Morgan fingerprint density at radius 2 is 1.76 bits per heavy atom. The van der Waals surface area contributed by atoms with Crippen LogP contribution in [0.3, 0.4) is 0 Å². The number of likely N-dealkylation sites (tertiary alicyclic amines) is 1. The van der Waals surface area contributed by atoms with Crippen molar-refractivity contribution in [1.82, 2.24) is 15.2 Å². The largest absolute Gasteiger partial charge is 0.349 e. The van der Waals surface area contributed by atoms with Crippen LogP contribution >= 0.6 is 0 Å². The van der Waals surface area contributed by atoms with Gasteiger partial charge in [-0.05, 0) is 62.1 Å². The average Bonchev–Trinajstić information content (AvgIpc) is 3.41. The Morgan fingerprint density at radius 3 is 2.55 bits per heavy atom. The molecule has 2 aliphatic carbocycles. The number of hydrazone groups is 1. The van der Waals surface area contributed by atoms with Gasteiger partial charge in [-0.25, -0.2) is 9.99 Å². The number of carbonyl (C=O) groups excluding carboxylic acids is 1. The minimum Gasteiger partial charge on any atom is -0.349 e. The molecular formula is C27H41N5O. The lowest BCUT2D eigenvalue weighted by Gasteiger charge is -2.42. The molecule has 3 heterocycles. The van der Waals surface area contributed by atoms with E-state index < -0.39 is 0 Å². The zero-order chi connectivity index (χ0) is 22.5. The van der Waals surface area contributed by atoms with Crippen LogP contribution in [-0.4, -0.2) is 54.2 Å². The molecule has 1 unspecified atom stereocenters. The highest BCUT2D eigenvalue weighted by atomic mass is 16.1. The van der Waals surface area contributed by atoms with Crippen LogP contribution in [0.5, 0.6) is 0 Å². The Morgan fingerprint density at radius 1 is 0.939 bits per heavy atom. The summed E-state index contributed by atoms with van der Waals surface area (Å²) in [6, 6.07) is 4.09. The number of piperidine rings is 1. The first kappa shape index (κ1) is 22.8. The number of rotatable bonds is 6. The molecule has 33 heavy (non-hydrogen) atoms. The molecule has 2 saturated carbocycles. The fourth-order valence-corrected chi connectivity index (χ4v) is 6.69. The molecule has 1 saturated heterocycles. The third-order valence-electron chi connectivity index (χ3n) is 8.54. The molecule has 3 fully saturated rings. The molecule has 0 radical (unpaired) electrons. The van der Waals surface area contributed by atoms with E-state index in [1.54, 1.807) is 6.20 Å². The van der Waals surface area contributed by atoms with E-state index in [2.05, 4.69) is 20.3 Å². The highest BCUT2D eigenvalue weighted by Crippen LogP contribution is 2.35. The highest BCUT2D eigenvalue weighted by molar-refractivity contribution is 5.94. The van der Waals surface area contributed by atoms with Crippen molar-refractivity contribution in [1.29, 1.82) is 0 Å². The predicted octanol–water partition coefficient (Wildman–Crippen LogP) is 4.86. The standard InChI is InChI=1S/C27H41N5O/c33-27(22-13-14-26(28-18-22)32-17-7-15-29-32)30-25-12-5-4-10-24(25)20-31-16-6-11-23(19-31)21-8-2-1-3-9-21/h13-15,18,21,23-25H,1-12,16-17,19-20H2,(H,30,33)/t23?,24-,25+/m1/s1. The first-order valence-electron chi connectivity index (χ1n) is 13.6. The van der Waals surface area contributed by atoms with Gasteiger partial charge in [-0.3, -0.25) is 4.79 Å². The second kappa shape index (κ2) is 11.0. The van der Waals surface area contributed by atoms with Gasteiger partial charge in [0.2, 0.25) is 0 Å². The van der Waals surface area contributed by atoms with Crippen molar-refractivity contribution in [3.05, 3.63) is 23.9 Å². The summed E-state index contributed by atoms with van der Waals surface area (Å²) in [5.74, 6) is 3.27. The Labute approximate surface area is 199 Å². The lowest BCUT2D eigenvalue weighted by molar-refractivity contribution is 0.0774. The Hall–Kier alpha value is -1.95. The number of amides is 1. The summed E-state index contributed by atoms with van der Waals surface area (Å²) < 4.78 is 0. The summed E-state index contributed by atoms with van der Waals surface area (Å²) in [5, 5.41) is 9.59. The zero-order valence-electron chi connectivity index (χ0n) is 20.1. The number of hydrogen-bond donors (Lipinski definition) is 1. The molecule has 2 aliphatic heterocycles. The Kier molecular flexibility index (Phi) is 7.60. The number of hydrogen-bond acceptors (Lipinski definition) is 5. The molecule has 1 N–H and O–H groups in total. The fourth-order valence-electron chi connectivity index (χ4n) is 6.69. The van der Waals surface area contributed by atoms with Crippen molar-refractivity contribution in [2.45, 2.75) is 83.1 Å². The molecule has 0 bridgehead atoms. The first-order chi connectivity index (χ1) is 16.3. The zero-order valence-corrected chi connectivity index (χ0v) is 20.1. The van der Waals surface area contributed by atoms with Crippen LogP contribution in [0.2, 0.25) is 0 Å². The van der Waals surface area contributed by atoms with Crippen molar-refractivity contribution in [2.24, 2.45) is 22.9 Å². The van der Waals surface area contributed by atoms with Crippen molar-refractivity contribution < 1.29 is 4.79 Å². The van der Waals surface area contributed by atoms with Gasteiger partial charge < -0.3 is 10.2 Å². The van der Waals surface area contributed by atoms with Gasteiger partial charge in [-0.1, -0.05) is 44.9 Å². The van der Waals surface area contributed by atoms with Crippen LogP contribution in [0.15, 0.2) is 23.4 Å². The molecule has 0 aromatic carbocycles. The molecule has 1 amide bonds. The van der Waals surface area contributed by atoms with E-state index in [4.69, 9.17) is 0 Å². The predicted molar refractivity (Wildman–Crippen MR) is 134 cm³/mol. The molecule has 1 aromatic rings. The molecule has 6 heteroatoms. The van der Waals surface area contributed by atoms with E-state index in [9.17, 15) is 4.79 Å². The van der Waals surface area contributed by atoms with Gasteiger partial charge in [0.15, 0.2) is 0 Å². The summed E-state index contributed by atoms with van der Waals surface area (Å²) in [5.41, 5.74) is 0.654. The smallest absolute Gasteiger partial charge is 0.253 e. The molecule has 5 rings (SSSR count). The first-order valence-corrected chi connectivity index (χ1v) is 13.6. The monoisotopic (exact) mass is 451 g/mol. The van der Waals surface area contributed by atoms with Gasteiger partial charge in [0.1, 0.15) is 5.82 Å². The fraction of sp³-hybridized carbons (Fsp3) is 0.741. The van der Waals surface area contributed by atoms with Crippen LogP contribution < -0.4 is 10.3 Å². The molecule has 3 atom stereocenters. The average molecular weight is 452 g/mol. The third-order valence-corrected chi connectivity index (χ3v) is 8.54. The second-order valence-corrected chi connectivity index (χ2v) is 10.8. The second-order valence-electron chi connectivity index (χ2n) is 10.8. The van der Waals surface area contributed by atoms with E-state index >= 15 is 0 Å². The summed E-state index contributed by atoms with van der Waals surface area (Å²) >= 11 is 0. The van der Waals surface area contributed by atoms with Crippen LogP contribution in [0, 0.1) is 17.8 Å². The molecule has 4 aliphatic rings. The number of anilines is 1. The van der Waals surface area contributed by atoms with E-state index in [1.165, 1.54) is 77.3 Å². The summed E-state index contributed by atoms with van der Waals surface area (Å²) in [6.45, 7) is 4.54. The van der Waals surface area contributed by atoms with Crippen LogP contribution in [-0.2, 0) is 0 Å². The van der Waals surface area contributed by atoms with Gasteiger partial charge in [0, 0.05) is 44.5 Å². The quantitative estimate of drug-likeness (QED) is 0.671. The lowest BCUT2D eigenvalue weighted by Crippen LogP contribution is -2.48. The Bertz CT molecular complexity index is 803. The topological polar surface area (TPSA) is 60.8 Å². The number of pyridine rings is 1. The molecule has 6 nitrogen and oxygen atoms in total. The number of carbonyl (C=O) groups is 1. The van der Waals surface area contributed by atoms with E-state index in [-0.39, 0.29) is 11.9 Å². The van der Waals surface area contributed by atoms with Gasteiger partial charge in [-0.2, -0.15) is 5.10 Å². The molecule has 180 valence electrons. The van der Waals surface area contributed by atoms with Crippen molar-refractivity contribution in [2.75, 3.05) is 31.2 Å². The van der Waals surface area contributed by atoms with Crippen molar-refractivity contribution >= 4 is 17.9 Å². The van der Waals surface area contributed by atoms with Gasteiger partial charge in [0.05, 0.1) is 5.56 Å². The van der Waals surface area contributed by atoms with E-state index in [1.807, 2.05) is 23.4 Å². The minimum atomic E-state index is 0.0228. The maximum Gasteiger partial charge on any atom is 0.253 e. The van der Waals surface area contributed by atoms with Crippen LogP contribution in [0.4, 0.5) is 5.82 Å². The Balaban J connectivity index is 1.16. The van der Waals surface area contributed by atoms with Crippen molar-refractivity contribution in [3.63, 3.8) is 0 Å². The SMILES string of the molecule is O=C(N[C@H]1CCCC[C@@H]1CN1CCCC(C2CCCCC2)C1)c1ccc(N2CCC=N2)nc1. The van der Waals surface area contributed by atoms with Gasteiger partial charge >= 0.3 is 0 Å². The van der Waals surface area contributed by atoms with E-state index in [0.717, 1.165) is 43.6 Å². The van der Waals surface area contributed by atoms with Gasteiger partial charge in [-0.15, -0.1) is 0 Å². The summed E-state index contributed by atoms with van der Waals surface area (Å²) in [6.07, 6.45) is 19.4. The number of nitrogens with zero attached hydrogens (tertiary/aromatic N) is 4. The lowest BCUT2D eigenvalue weighted by atomic mass is 9.76. The maximum atomic E-state index is 13.0. The molecule has 1 aromatic heterocycles. The number of nitrogens with one attached hydrogen (secondary N) is 1. The highest BCUT2D eigenvalue weighted by Gasteiger charge is 2.32. The summed E-state index contributed by atoms with van der Waals surface area (Å²) in [4.78, 5) is 20.3. The summed E-state index contributed by atoms with van der Waals surface area (Å²) in [7, 11) is 0. The van der Waals surface area contributed by atoms with Gasteiger partial charge in [0.25, 0.3) is 5.91 Å². The van der Waals surface area contributed by atoms with Crippen LogP contribution in [0.25, 0.3) is 0 Å². The van der Waals surface area contributed by atoms with E-state index in [0.29, 0.717) is 11.5 Å². The van der Waals surface area contributed by atoms with Crippen molar-refractivity contribution in [3.8, 4) is 0 Å². The molecule has 0 spiro atoms. The number of aromatic nitrogens is 1. The minimum absolute atomic E-state index is 0.0228. The third kappa shape index (κ3) is 5.76. The normalized spacial score (nSPS) is 29.3. The van der Waals surface area contributed by atoms with Crippen LogP contribution in [0.1, 0.15) is 87.4 Å².